The molecule has 0 saturated carbocycles. The summed E-state index contributed by atoms with van der Waals surface area (Å²) in [6, 6.07) is -0.413. The number of hydrogen-bond acceptors (Lipinski definition) is 5. The topological polar surface area (TPSA) is 187 Å². The van der Waals surface area contributed by atoms with Gasteiger partial charge in [0, 0.05) is 6.54 Å². The van der Waals surface area contributed by atoms with E-state index in [2.05, 4.69) is 12.2 Å². The van der Waals surface area contributed by atoms with Crippen molar-refractivity contribution in [1.82, 2.24) is 5.32 Å². The molecule has 154 valence electrons. The monoisotopic (exact) mass is 384 g/mol. The third-order valence-corrected chi connectivity index (χ3v) is 3.11. The van der Waals surface area contributed by atoms with Crippen LogP contribution < -0.4 is 11.1 Å². The van der Waals surface area contributed by atoms with Gasteiger partial charge < -0.3 is 31.5 Å². The second kappa shape index (κ2) is 16.1. The highest BCUT2D eigenvalue weighted by atomic mass is 19.0. The van der Waals surface area contributed by atoms with Gasteiger partial charge >= 0.3 is 23.9 Å². The average Bonchev–Trinajstić information content (AvgIpc) is 2.44. The van der Waals surface area contributed by atoms with Crippen LogP contribution in [-0.2, 0) is 14.4 Å². The van der Waals surface area contributed by atoms with Crippen LogP contribution in [0.4, 0.5) is 9.50 Å². The number of nitrogens with one attached hydrogen (secondary N) is 1. The zero-order valence-electron chi connectivity index (χ0n) is 14.8. The van der Waals surface area contributed by atoms with Gasteiger partial charge in [-0.05, 0) is 6.42 Å². The molecular formula is C15H29FN2O8. The lowest BCUT2D eigenvalue weighted by atomic mass is 9.96. The van der Waals surface area contributed by atoms with Crippen LogP contribution in [0, 0.1) is 0 Å². The molecule has 0 radical (unpaired) electrons. The fourth-order valence-electron chi connectivity index (χ4n) is 1.83. The van der Waals surface area contributed by atoms with Gasteiger partial charge in [-0.2, -0.15) is 0 Å². The number of carboxylic acids is 3. The smallest absolute Gasteiger partial charge is 0.336 e. The molecule has 0 aliphatic carbocycles. The summed E-state index contributed by atoms with van der Waals surface area (Å²) in [5, 5.41) is 36.4. The Morgan fingerprint density at radius 3 is 1.65 bits per heavy atom. The Labute approximate surface area is 150 Å². The quantitative estimate of drug-likeness (QED) is 0.268. The van der Waals surface area contributed by atoms with Crippen LogP contribution in [0.25, 0.3) is 0 Å². The van der Waals surface area contributed by atoms with E-state index < -0.39 is 42.4 Å². The summed E-state index contributed by atoms with van der Waals surface area (Å²) in [5.74, 6) is -5.02. The maximum atomic E-state index is 10.3. The van der Waals surface area contributed by atoms with E-state index in [0.717, 1.165) is 13.0 Å². The van der Waals surface area contributed by atoms with E-state index in [4.69, 9.17) is 26.2 Å². The van der Waals surface area contributed by atoms with Crippen molar-refractivity contribution >= 4 is 23.9 Å². The van der Waals surface area contributed by atoms with Crippen molar-refractivity contribution in [2.75, 3.05) is 6.54 Å². The average molecular weight is 384 g/mol. The van der Waals surface area contributed by atoms with E-state index in [9.17, 15) is 19.2 Å². The highest BCUT2D eigenvalue weighted by Gasteiger charge is 2.40. The minimum Gasteiger partial charge on any atom is -0.481 e. The van der Waals surface area contributed by atoms with Crippen LogP contribution in [0.2, 0.25) is 0 Å². The van der Waals surface area contributed by atoms with E-state index >= 15 is 0 Å². The molecule has 0 unspecified atom stereocenters. The van der Waals surface area contributed by atoms with Gasteiger partial charge in [0.1, 0.15) is 0 Å². The summed E-state index contributed by atoms with van der Waals surface area (Å²) in [5.41, 5.74) is 2.17. The summed E-state index contributed by atoms with van der Waals surface area (Å²) in [6.45, 7) is 2.93. The fourth-order valence-corrected chi connectivity index (χ4v) is 1.83. The number of unbranched alkanes of at least 4 members (excludes halogenated alkanes) is 5. The van der Waals surface area contributed by atoms with Gasteiger partial charge in [-0.15, -0.1) is 0 Å². The van der Waals surface area contributed by atoms with Gasteiger partial charge in [-0.25, -0.2) is 9.59 Å². The van der Waals surface area contributed by atoms with Gasteiger partial charge in [0.05, 0.1) is 12.8 Å². The first-order valence-corrected chi connectivity index (χ1v) is 7.97. The molecule has 0 aromatic heterocycles. The number of nitrogens with two attached hydrogens (primary N) is 1. The summed E-state index contributed by atoms with van der Waals surface area (Å²) in [7, 11) is 0. The van der Waals surface area contributed by atoms with Crippen LogP contribution >= 0.6 is 0 Å². The molecule has 0 saturated heterocycles. The number of urea groups is 1. The molecule has 11 heteroatoms. The lowest BCUT2D eigenvalue weighted by molar-refractivity contribution is -0.170. The Kier molecular flexibility index (Phi) is 17.5. The number of rotatable bonds is 12. The maximum Gasteiger partial charge on any atom is 0.336 e. The molecule has 26 heavy (non-hydrogen) atoms. The van der Waals surface area contributed by atoms with E-state index in [1.807, 2.05) is 0 Å². The second-order valence-electron chi connectivity index (χ2n) is 5.54. The predicted molar refractivity (Wildman–Crippen MR) is 90.6 cm³/mol. The van der Waals surface area contributed by atoms with Crippen LogP contribution in [-0.4, -0.2) is 56.5 Å². The number of amides is 2. The largest absolute Gasteiger partial charge is 0.481 e. The minimum absolute atomic E-state index is 0. The Hall–Kier alpha value is -2.43. The lowest BCUT2D eigenvalue weighted by Gasteiger charge is -2.18. The van der Waals surface area contributed by atoms with Crippen LogP contribution in [0.3, 0.4) is 0 Å². The van der Waals surface area contributed by atoms with E-state index in [0.29, 0.717) is 0 Å². The van der Waals surface area contributed by atoms with E-state index in [1.54, 1.807) is 0 Å². The molecule has 0 aromatic carbocycles. The third kappa shape index (κ3) is 17.9. The number of hydrogen-bond donors (Lipinski definition) is 6. The van der Waals surface area contributed by atoms with Crippen LogP contribution in [0.1, 0.15) is 58.3 Å². The van der Waals surface area contributed by atoms with Crippen molar-refractivity contribution in [3.8, 4) is 0 Å². The molecule has 7 N–H and O–H groups in total. The van der Waals surface area contributed by atoms with Crippen LogP contribution in [0.15, 0.2) is 0 Å². The molecule has 0 spiro atoms. The predicted octanol–water partition coefficient (Wildman–Crippen LogP) is 0.919. The van der Waals surface area contributed by atoms with Gasteiger partial charge in [0.15, 0.2) is 5.60 Å². The normalized spacial score (nSPS) is 9.92. The van der Waals surface area contributed by atoms with Gasteiger partial charge in [-0.1, -0.05) is 39.0 Å². The van der Waals surface area contributed by atoms with Gasteiger partial charge in [-0.3, -0.25) is 14.3 Å². The number of primary amides is 1. The zero-order valence-corrected chi connectivity index (χ0v) is 14.8. The fraction of sp³-hybridized carbons (Fsp3) is 0.733. The SMILES string of the molecule is CCCCCCCCNC(N)=O.F.O=C(O)CC(O)(CC(=O)O)C(=O)O. The number of carbonyl (C=O) groups excluding carboxylic acids is 1. The highest BCUT2D eigenvalue weighted by Crippen LogP contribution is 2.15. The molecule has 0 aliphatic rings. The van der Waals surface area contributed by atoms with Crippen molar-refractivity contribution in [2.24, 2.45) is 5.73 Å². The number of carbonyl (C=O) groups is 4. The summed E-state index contributed by atoms with van der Waals surface area (Å²) in [6.07, 6.45) is 5.14. The zero-order chi connectivity index (χ0) is 19.9. The number of halogens is 1. The first kappa shape index (κ1) is 28.4. The lowest BCUT2D eigenvalue weighted by Crippen LogP contribution is -2.42. The standard InChI is InChI=1S/C9H20N2O.C6H8O7.FH/c1-2-3-4-5-6-7-8-11-9(10)12;7-3(8)1-6(13,5(11)12)2-4(9)10;/h2-8H2,1H3,(H3,10,11,12);13H,1-2H2,(H,7,8)(H,9,10)(H,11,12);1H. The molecule has 0 heterocycles. The van der Waals surface area contributed by atoms with Crippen molar-refractivity contribution in [3.05, 3.63) is 0 Å². The summed E-state index contributed by atoms with van der Waals surface area (Å²) >= 11 is 0. The number of aliphatic hydroxyl groups is 1. The van der Waals surface area contributed by atoms with Gasteiger partial charge in [0.2, 0.25) is 0 Å². The third-order valence-electron chi connectivity index (χ3n) is 3.11. The van der Waals surface area contributed by atoms with Gasteiger partial charge in [0.25, 0.3) is 0 Å². The van der Waals surface area contributed by atoms with Crippen molar-refractivity contribution in [2.45, 2.75) is 63.9 Å². The number of carboxylic acid groups (broad SMARTS) is 3. The molecule has 0 atom stereocenters. The first-order valence-electron chi connectivity index (χ1n) is 7.97. The Balaban J connectivity index is -0.000000393. The summed E-state index contributed by atoms with van der Waals surface area (Å²) < 4.78 is 0. The molecule has 0 fully saturated rings. The molecule has 0 rings (SSSR count). The Morgan fingerprint density at radius 2 is 1.31 bits per heavy atom. The van der Waals surface area contributed by atoms with Crippen molar-refractivity contribution in [3.63, 3.8) is 0 Å². The number of aliphatic carboxylic acids is 3. The van der Waals surface area contributed by atoms with Crippen LogP contribution in [0.5, 0.6) is 0 Å². The molecule has 0 bridgehead atoms. The van der Waals surface area contributed by atoms with E-state index in [1.165, 1.54) is 32.1 Å². The first-order chi connectivity index (χ1) is 11.5. The summed E-state index contributed by atoms with van der Waals surface area (Å²) in [4.78, 5) is 40.7. The highest BCUT2D eigenvalue weighted by molar-refractivity contribution is 5.88. The molecule has 10 nitrogen and oxygen atoms in total. The minimum atomic E-state index is -2.74. The van der Waals surface area contributed by atoms with Crippen molar-refractivity contribution in [1.29, 1.82) is 0 Å². The maximum absolute atomic E-state index is 10.3. The Morgan fingerprint density at radius 1 is 0.885 bits per heavy atom. The molecular weight excluding hydrogens is 355 g/mol. The molecule has 0 aromatic rings. The second-order valence-corrected chi connectivity index (χ2v) is 5.54. The van der Waals surface area contributed by atoms with Crippen molar-refractivity contribution < 1.29 is 44.3 Å². The van der Waals surface area contributed by atoms with E-state index in [-0.39, 0.29) is 4.70 Å². The molecule has 2 amide bonds. The Bertz CT molecular complexity index is 429. The molecule has 0 aliphatic heterocycles.